The highest BCUT2D eigenvalue weighted by molar-refractivity contribution is 8.76. The van der Waals surface area contributed by atoms with Crippen molar-refractivity contribution in [1.82, 2.24) is 16.0 Å². The summed E-state index contributed by atoms with van der Waals surface area (Å²) >= 11 is 0. The van der Waals surface area contributed by atoms with Crippen LogP contribution in [0, 0.1) is 0 Å². The Labute approximate surface area is 230 Å². The first kappa shape index (κ1) is 33.5. The maximum atomic E-state index is 13.0. The summed E-state index contributed by atoms with van der Waals surface area (Å²) in [6, 6.07) is 3.31. The number of carbonyl (C=O) groups excluding carboxylic acids is 4. The van der Waals surface area contributed by atoms with Gasteiger partial charge < -0.3 is 42.4 Å². The highest BCUT2D eigenvalue weighted by Gasteiger charge is 2.26. The minimum absolute atomic E-state index is 0.0496. The molecule has 1 aromatic rings. The lowest BCUT2D eigenvalue weighted by atomic mass is 10.0. The molecule has 12 nitrogen and oxygen atoms in total. The number of phenols is 1. The number of aliphatic hydroxyl groups is 1. The van der Waals surface area contributed by atoms with Crippen molar-refractivity contribution in [2.24, 2.45) is 11.5 Å². The molecule has 14 heteroatoms. The molecule has 0 bridgehead atoms. The van der Waals surface area contributed by atoms with Gasteiger partial charge in [0.2, 0.25) is 17.7 Å². The maximum Gasteiger partial charge on any atom is 0.328 e. The van der Waals surface area contributed by atoms with Gasteiger partial charge in [-0.15, -0.1) is 0 Å². The van der Waals surface area contributed by atoms with Gasteiger partial charge in [0.25, 0.3) is 0 Å². The number of hydrogen-bond donors (Lipinski definition) is 7. The number of carbonyl (C=O) groups is 4. The summed E-state index contributed by atoms with van der Waals surface area (Å²) < 4.78 is 5.17. The number of nitrogens with one attached hydrogen (secondary N) is 3. The molecule has 0 spiro atoms. The fourth-order valence-corrected chi connectivity index (χ4v) is 4.69. The molecule has 214 valence electrons. The Balaban J connectivity index is 2.68. The van der Waals surface area contributed by atoms with Crippen LogP contribution in [0.2, 0.25) is 0 Å². The van der Waals surface area contributed by atoms with Crippen molar-refractivity contribution in [2.45, 2.75) is 50.7 Å². The number of amides is 3. The summed E-state index contributed by atoms with van der Waals surface area (Å²) in [5.41, 5.74) is 11.9. The van der Waals surface area contributed by atoms with E-state index in [0.717, 1.165) is 6.42 Å². The SMILES string of the molecule is C[C@H](NC(=O)[C@H](Cc1ccc(O)cc1)NC(=O)CNC(=O)[C@@H](N)CCCCN)C(=O)OCCSSCCO. The first-order chi connectivity index (χ1) is 18.2. The van der Waals surface area contributed by atoms with E-state index in [2.05, 4.69) is 16.0 Å². The minimum Gasteiger partial charge on any atom is -0.508 e. The number of benzene rings is 1. The highest BCUT2D eigenvalue weighted by atomic mass is 33.1. The number of aliphatic hydroxyl groups excluding tert-OH is 1. The van der Waals surface area contributed by atoms with E-state index in [9.17, 15) is 24.3 Å². The molecule has 0 aliphatic carbocycles. The van der Waals surface area contributed by atoms with E-state index in [4.69, 9.17) is 21.3 Å². The van der Waals surface area contributed by atoms with Gasteiger partial charge in [-0.25, -0.2) is 4.79 Å². The summed E-state index contributed by atoms with van der Waals surface area (Å²) in [6.07, 6.45) is 1.94. The minimum atomic E-state index is -1.07. The average molecular weight is 574 g/mol. The Morgan fingerprint density at radius 2 is 1.71 bits per heavy atom. The lowest BCUT2D eigenvalue weighted by molar-refractivity contribution is -0.147. The molecule has 0 fully saturated rings. The largest absolute Gasteiger partial charge is 0.508 e. The highest BCUT2D eigenvalue weighted by Crippen LogP contribution is 2.19. The molecule has 0 radical (unpaired) electrons. The molecule has 0 aliphatic heterocycles. The third-order valence-electron chi connectivity index (χ3n) is 5.14. The molecule has 0 saturated heterocycles. The van der Waals surface area contributed by atoms with E-state index in [1.807, 2.05) is 0 Å². The second-order valence-corrected chi connectivity index (χ2v) is 11.1. The van der Waals surface area contributed by atoms with Crippen LogP contribution in [0.4, 0.5) is 0 Å². The molecule has 3 atom stereocenters. The summed E-state index contributed by atoms with van der Waals surface area (Å²) in [6.45, 7) is 1.80. The van der Waals surface area contributed by atoms with Gasteiger partial charge in [-0.1, -0.05) is 40.1 Å². The third kappa shape index (κ3) is 14.4. The van der Waals surface area contributed by atoms with Gasteiger partial charge in [0, 0.05) is 17.9 Å². The summed E-state index contributed by atoms with van der Waals surface area (Å²) in [7, 11) is 2.91. The maximum absolute atomic E-state index is 13.0. The zero-order valence-electron chi connectivity index (χ0n) is 21.5. The van der Waals surface area contributed by atoms with Gasteiger partial charge in [-0.05, 0) is 44.0 Å². The second-order valence-electron chi connectivity index (χ2n) is 8.36. The molecule has 3 amide bonds. The summed E-state index contributed by atoms with van der Waals surface area (Å²) in [5, 5.41) is 25.9. The quantitative estimate of drug-likeness (QED) is 0.0633. The third-order valence-corrected chi connectivity index (χ3v) is 7.49. The normalized spacial score (nSPS) is 13.2. The Morgan fingerprint density at radius 3 is 2.37 bits per heavy atom. The van der Waals surface area contributed by atoms with Crippen molar-refractivity contribution in [2.75, 3.05) is 37.8 Å². The number of esters is 1. The van der Waals surface area contributed by atoms with E-state index in [-0.39, 0.29) is 31.9 Å². The molecular weight excluding hydrogens is 534 g/mol. The van der Waals surface area contributed by atoms with E-state index in [1.165, 1.54) is 40.6 Å². The van der Waals surface area contributed by atoms with Crippen LogP contribution in [-0.4, -0.2) is 89.8 Å². The molecule has 0 unspecified atom stereocenters. The van der Waals surface area contributed by atoms with Gasteiger partial charge >= 0.3 is 5.97 Å². The Bertz CT molecular complexity index is 876. The van der Waals surface area contributed by atoms with Crippen molar-refractivity contribution < 1.29 is 34.1 Å². The first-order valence-corrected chi connectivity index (χ1v) is 14.8. The zero-order chi connectivity index (χ0) is 28.3. The van der Waals surface area contributed by atoms with Crippen LogP contribution in [0.15, 0.2) is 24.3 Å². The van der Waals surface area contributed by atoms with Crippen molar-refractivity contribution in [3.05, 3.63) is 29.8 Å². The van der Waals surface area contributed by atoms with Crippen LogP contribution in [-0.2, 0) is 30.3 Å². The van der Waals surface area contributed by atoms with Crippen molar-refractivity contribution in [3.63, 3.8) is 0 Å². The fraction of sp³-hybridized carbons (Fsp3) is 0.583. The number of ether oxygens (including phenoxy) is 1. The number of aromatic hydroxyl groups is 1. The average Bonchev–Trinajstić information content (AvgIpc) is 2.89. The van der Waals surface area contributed by atoms with Crippen LogP contribution >= 0.6 is 21.6 Å². The number of hydrogen-bond acceptors (Lipinski definition) is 11. The van der Waals surface area contributed by atoms with Gasteiger partial charge in [0.15, 0.2) is 0 Å². The molecule has 0 aliphatic rings. The lowest BCUT2D eigenvalue weighted by Crippen LogP contribution is -2.54. The Kier molecular flexibility index (Phi) is 17.2. The van der Waals surface area contributed by atoms with E-state index in [0.29, 0.717) is 36.5 Å². The Hall–Kier alpha value is -2.52. The van der Waals surface area contributed by atoms with Crippen LogP contribution in [0.5, 0.6) is 5.75 Å². The van der Waals surface area contributed by atoms with Crippen LogP contribution in [0.25, 0.3) is 0 Å². The van der Waals surface area contributed by atoms with Gasteiger partial charge in [-0.2, -0.15) is 0 Å². The molecule has 38 heavy (non-hydrogen) atoms. The van der Waals surface area contributed by atoms with E-state index in [1.54, 1.807) is 12.1 Å². The molecule has 1 aromatic carbocycles. The molecular formula is C24H39N5O7S2. The summed E-state index contributed by atoms with van der Waals surface area (Å²) in [5.74, 6) is -1.19. The predicted molar refractivity (Wildman–Crippen MR) is 148 cm³/mol. The molecule has 0 saturated carbocycles. The van der Waals surface area contributed by atoms with E-state index < -0.39 is 41.8 Å². The number of phenolic OH excluding ortho intramolecular Hbond substituents is 1. The number of unbranched alkanes of at least 4 members (excludes halogenated alkanes) is 1. The Morgan fingerprint density at radius 1 is 1.03 bits per heavy atom. The molecule has 0 aromatic heterocycles. The van der Waals surface area contributed by atoms with E-state index >= 15 is 0 Å². The topological polar surface area (TPSA) is 206 Å². The van der Waals surface area contributed by atoms with Crippen molar-refractivity contribution in [1.29, 1.82) is 0 Å². The summed E-state index contributed by atoms with van der Waals surface area (Å²) in [4.78, 5) is 49.9. The fourth-order valence-electron chi connectivity index (χ4n) is 3.09. The smallest absolute Gasteiger partial charge is 0.328 e. The number of rotatable bonds is 19. The zero-order valence-corrected chi connectivity index (χ0v) is 23.2. The van der Waals surface area contributed by atoms with Crippen LogP contribution in [0.3, 0.4) is 0 Å². The van der Waals surface area contributed by atoms with Crippen molar-refractivity contribution >= 4 is 45.3 Å². The van der Waals surface area contributed by atoms with Gasteiger partial charge in [0.05, 0.1) is 19.2 Å². The first-order valence-electron chi connectivity index (χ1n) is 12.3. The van der Waals surface area contributed by atoms with Gasteiger partial charge in [0.1, 0.15) is 24.4 Å². The second kappa shape index (κ2) is 19.5. The van der Waals surface area contributed by atoms with Crippen LogP contribution in [0.1, 0.15) is 31.7 Å². The predicted octanol–water partition coefficient (Wildman–Crippen LogP) is -0.586. The standard InChI is InChI=1S/C24H39N5O7S2/c1-16(24(35)36-11-13-38-37-12-10-30)28-23(34)20(14-17-5-7-18(31)8-6-17)29-21(32)15-27-22(33)19(26)4-2-3-9-25/h5-8,16,19-20,30-31H,2-4,9-15,25-26H2,1H3,(H,27,33)(H,28,34)(H,29,32)/t16-,19-,20-/m0/s1. The molecule has 9 N–H and O–H groups in total. The van der Waals surface area contributed by atoms with Gasteiger partial charge in [-0.3, -0.25) is 14.4 Å². The molecule has 0 heterocycles. The lowest BCUT2D eigenvalue weighted by Gasteiger charge is -2.21. The van der Waals surface area contributed by atoms with Crippen LogP contribution < -0.4 is 27.4 Å². The number of nitrogens with two attached hydrogens (primary N) is 2. The monoisotopic (exact) mass is 573 g/mol. The molecule has 1 rings (SSSR count). The van der Waals surface area contributed by atoms with Crippen molar-refractivity contribution in [3.8, 4) is 5.75 Å².